The van der Waals surface area contributed by atoms with Gasteiger partial charge in [0.1, 0.15) is 5.75 Å². The van der Waals surface area contributed by atoms with Gasteiger partial charge in [0.25, 0.3) is 5.91 Å². The van der Waals surface area contributed by atoms with E-state index in [0.717, 1.165) is 4.31 Å². The average Bonchev–Trinajstić information content (AvgIpc) is 2.62. The molecule has 27 heavy (non-hydrogen) atoms. The summed E-state index contributed by atoms with van der Waals surface area (Å²) < 4.78 is 30.6. The van der Waals surface area contributed by atoms with E-state index in [-0.39, 0.29) is 15.9 Å². The number of thiocarbonyl (C=S) groups is 1. The number of hydrogen-bond donors (Lipinski definition) is 2. The second kappa shape index (κ2) is 8.94. The van der Waals surface area contributed by atoms with Crippen LogP contribution in [-0.2, 0) is 10.0 Å². The van der Waals surface area contributed by atoms with Gasteiger partial charge in [-0.1, -0.05) is 6.07 Å². The Bertz CT molecular complexity index is 926. The molecule has 144 valence electrons. The number of hydrogen-bond acceptors (Lipinski definition) is 5. The smallest absolute Gasteiger partial charge is 0.257 e. The number of carbonyl (C=O) groups is 1. The van der Waals surface area contributed by atoms with E-state index in [1.165, 1.54) is 26.2 Å². The fraction of sp³-hybridized carbons (Fsp3) is 0.222. The van der Waals surface area contributed by atoms with E-state index < -0.39 is 10.0 Å². The number of amides is 1. The minimum absolute atomic E-state index is 0.102. The van der Waals surface area contributed by atoms with Crippen LogP contribution in [0.5, 0.6) is 5.75 Å². The van der Waals surface area contributed by atoms with Crippen LogP contribution in [-0.4, -0.2) is 44.4 Å². The molecule has 7 nitrogen and oxygen atoms in total. The van der Waals surface area contributed by atoms with Gasteiger partial charge in [0.15, 0.2) is 5.11 Å². The molecule has 0 aliphatic rings. The summed E-state index contributed by atoms with van der Waals surface area (Å²) in [7, 11) is -0.565. The first-order valence-corrected chi connectivity index (χ1v) is 9.96. The topological polar surface area (TPSA) is 87.7 Å². The van der Waals surface area contributed by atoms with Crippen LogP contribution >= 0.6 is 12.2 Å². The lowest BCUT2D eigenvalue weighted by atomic mass is 10.2. The third-order valence-electron chi connectivity index (χ3n) is 3.53. The summed E-state index contributed by atoms with van der Waals surface area (Å²) in [6.07, 6.45) is 0. The van der Waals surface area contributed by atoms with Crippen molar-refractivity contribution in [2.75, 3.05) is 26.0 Å². The zero-order valence-electron chi connectivity index (χ0n) is 15.2. The number of ether oxygens (including phenoxy) is 1. The summed E-state index contributed by atoms with van der Waals surface area (Å²) in [6.45, 7) is 2.37. The number of nitrogens with zero attached hydrogens (tertiary/aromatic N) is 1. The van der Waals surface area contributed by atoms with Crippen LogP contribution in [0.3, 0.4) is 0 Å². The number of sulfonamides is 1. The molecule has 2 aromatic rings. The molecule has 0 fully saturated rings. The highest BCUT2D eigenvalue weighted by atomic mass is 32.2. The molecule has 0 atom stereocenters. The van der Waals surface area contributed by atoms with Crippen molar-refractivity contribution in [2.24, 2.45) is 0 Å². The predicted octanol–water partition coefficient (Wildman–Crippen LogP) is 2.46. The fourth-order valence-corrected chi connectivity index (χ4v) is 3.26. The molecule has 0 aliphatic carbocycles. The average molecular weight is 408 g/mol. The van der Waals surface area contributed by atoms with E-state index in [0.29, 0.717) is 23.6 Å². The second-order valence-electron chi connectivity index (χ2n) is 5.68. The van der Waals surface area contributed by atoms with Crippen molar-refractivity contribution >= 4 is 38.9 Å². The molecule has 0 heterocycles. The van der Waals surface area contributed by atoms with Gasteiger partial charge in [-0.05, 0) is 61.6 Å². The van der Waals surface area contributed by atoms with Gasteiger partial charge in [-0.3, -0.25) is 10.1 Å². The van der Waals surface area contributed by atoms with Gasteiger partial charge in [-0.25, -0.2) is 12.7 Å². The van der Waals surface area contributed by atoms with Crippen LogP contribution in [0.15, 0.2) is 53.4 Å². The number of anilines is 1. The van der Waals surface area contributed by atoms with E-state index in [2.05, 4.69) is 10.6 Å². The monoisotopic (exact) mass is 407 g/mol. The Morgan fingerprint density at radius 2 is 1.81 bits per heavy atom. The van der Waals surface area contributed by atoms with Crippen LogP contribution in [0, 0.1) is 0 Å². The molecule has 0 spiro atoms. The third kappa shape index (κ3) is 5.49. The zero-order valence-corrected chi connectivity index (χ0v) is 16.9. The van der Waals surface area contributed by atoms with Crippen LogP contribution < -0.4 is 15.4 Å². The van der Waals surface area contributed by atoms with Crippen LogP contribution in [0.25, 0.3) is 0 Å². The lowest BCUT2D eigenvalue weighted by Crippen LogP contribution is -2.34. The second-order valence-corrected chi connectivity index (χ2v) is 8.24. The number of nitrogens with one attached hydrogen (secondary N) is 2. The normalized spacial score (nSPS) is 11.1. The van der Waals surface area contributed by atoms with Crippen molar-refractivity contribution in [1.82, 2.24) is 9.62 Å². The third-order valence-corrected chi connectivity index (χ3v) is 5.56. The Labute approximate surface area is 164 Å². The first-order valence-electron chi connectivity index (χ1n) is 8.12. The Hall–Kier alpha value is -2.49. The summed E-state index contributed by atoms with van der Waals surface area (Å²) in [5.41, 5.74) is 0.971. The molecule has 0 saturated carbocycles. The van der Waals surface area contributed by atoms with Crippen LogP contribution in [0.2, 0.25) is 0 Å². The predicted molar refractivity (Wildman–Crippen MR) is 109 cm³/mol. The summed E-state index contributed by atoms with van der Waals surface area (Å²) in [4.78, 5) is 12.5. The van der Waals surface area contributed by atoms with Crippen LogP contribution in [0.1, 0.15) is 17.3 Å². The number of benzene rings is 2. The van der Waals surface area contributed by atoms with E-state index in [1.54, 1.807) is 36.4 Å². The molecule has 0 unspecified atom stereocenters. The maximum absolute atomic E-state index is 12.3. The highest BCUT2D eigenvalue weighted by Gasteiger charge is 2.16. The summed E-state index contributed by atoms with van der Waals surface area (Å²) in [5.74, 6) is 0.225. The summed E-state index contributed by atoms with van der Waals surface area (Å²) in [5, 5.41) is 5.53. The van der Waals surface area contributed by atoms with Gasteiger partial charge in [0.05, 0.1) is 11.5 Å². The van der Waals surface area contributed by atoms with Crippen molar-refractivity contribution in [3.8, 4) is 5.75 Å². The van der Waals surface area contributed by atoms with Crippen molar-refractivity contribution in [3.05, 3.63) is 54.1 Å². The molecule has 0 bridgehead atoms. The van der Waals surface area contributed by atoms with Crippen molar-refractivity contribution in [2.45, 2.75) is 11.8 Å². The van der Waals surface area contributed by atoms with Crippen LogP contribution in [0.4, 0.5) is 5.69 Å². The highest BCUT2D eigenvalue weighted by molar-refractivity contribution is 7.89. The number of rotatable bonds is 6. The largest absolute Gasteiger partial charge is 0.494 e. The minimum Gasteiger partial charge on any atom is -0.494 e. The van der Waals surface area contributed by atoms with Gasteiger partial charge >= 0.3 is 0 Å². The summed E-state index contributed by atoms with van der Waals surface area (Å²) in [6, 6.07) is 12.8. The SMILES string of the molecule is CCOc1cccc(C(=O)NC(=S)Nc2ccc(S(=O)(=O)N(C)C)cc2)c1. The zero-order chi connectivity index (χ0) is 20.0. The maximum Gasteiger partial charge on any atom is 0.257 e. The first-order chi connectivity index (χ1) is 12.7. The lowest BCUT2D eigenvalue weighted by molar-refractivity contribution is 0.0977. The van der Waals surface area contributed by atoms with Crippen molar-refractivity contribution < 1.29 is 17.9 Å². The molecule has 0 saturated heterocycles. The van der Waals surface area contributed by atoms with E-state index in [1.807, 2.05) is 6.92 Å². The Morgan fingerprint density at radius 3 is 2.41 bits per heavy atom. The van der Waals surface area contributed by atoms with E-state index >= 15 is 0 Å². The van der Waals surface area contributed by atoms with Crippen molar-refractivity contribution in [3.63, 3.8) is 0 Å². The quantitative estimate of drug-likeness (QED) is 0.716. The Balaban J connectivity index is 2.01. The standard InChI is InChI=1S/C18H21N3O4S2/c1-4-25-15-7-5-6-13(12-15)17(22)20-18(26)19-14-8-10-16(11-9-14)27(23,24)21(2)3/h5-12H,4H2,1-3H3,(H2,19,20,22,26). The van der Waals surface area contributed by atoms with Gasteiger partial charge in [-0.2, -0.15) is 0 Å². The molecule has 1 amide bonds. The maximum atomic E-state index is 12.3. The molecule has 2 rings (SSSR count). The molecular formula is C18H21N3O4S2. The Kier molecular flexibility index (Phi) is 6.89. The first kappa shape index (κ1) is 20.8. The lowest BCUT2D eigenvalue weighted by Gasteiger charge is -2.13. The number of carbonyl (C=O) groups excluding carboxylic acids is 1. The van der Waals surface area contributed by atoms with Gasteiger partial charge in [0, 0.05) is 25.3 Å². The molecule has 0 aromatic heterocycles. The minimum atomic E-state index is -3.49. The molecule has 9 heteroatoms. The summed E-state index contributed by atoms with van der Waals surface area (Å²) >= 11 is 5.14. The van der Waals surface area contributed by atoms with Crippen molar-refractivity contribution in [1.29, 1.82) is 0 Å². The highest BCUT2D eigenvalue weighted by Crippen LogP contribution is 2.17. The molecule has 2 N–H and O–H groups in total. The fourth-order valence-electron chi connectivity index (χ4n) is 2.15. The molecule has 2 aromatic carbocycles. The molecule has 0 aliphatic heterocycles. The van der Waals surface area contributed by atoms with E-state index in [9.17, 15) is 13.2 Å². The molecule has 0 radical (unpaired) electrons. The van der Waals surface area contributed by atoms with Gasteiger partial charge in [-0.15, -0.1) is 0 Å². The Morgan fingerprint density at radius 1 is 1.15 bits per heavy atom. The molecular weight excluding hydrogens is 386 g/mol. The van der Waals surface area contributed by atoms with E-state index in [4.69, 9.17) is 17.0 Å². The van der Waals surface area contributed by atoms with Gasteiger partial charge in [0.2, 0.25) is 10.0 Å². The van der Waals surface area contributed by atoms with Gasteiger partial charge < -0.3 is 10.1 Å².